The van der Waals surface area contributed by atoms with E-state index >= 15 is 0 Å². The van der Waals surface area contributed by atoms with Crippen molar-refractivity contribution in [2.45, 2.75) is 43.9 Å². The van der Waals surface area contributed by atoms with Gasteiger partial charge < -0.3 is 15.5 Å². The Morgan fingerprint density at radius 2 is 2.26 bits per heavy atom. The van der Waals surface area contributed by atoms with E-state index < -0.39 is 0 Å². The molecule has 0 aromatic carbocycles. The van der Waals surface area contributed by atoms with Crippen LogP contribution in [0.5, 0.6) is 0 Å². The molecule has 1 fully saturated rings. The first-order valence-corrected chi connectivity index (χ1v) is 9.31. The Labute approximate surface area is 141 Å². The molecule has 0 atom stereocenters. The Morgan fingerprint density at radius 3 is 3.00 bits per heavy atom. The van der Waals surface area contributed by atoms with Gasteiger partial charge in [0, 0.05) is 30.3 Å². The molecule has 0 radical (unpaired) electrons. The van der Waals surface area contributed by atoms with E-state index in [9.17, 15) is 0 Å². The number of hydrogen-bond acceptors (Lipinski definition) is 6. The van der Waals surface area contributed by atoms with Crippen LogP contribution in [-0.2, 0) is 5.75 Å². The molecule has 6 heteroatoms. The van der Waals surface area contributed by atoms with Crippen molar-refractivity contribution in [3.8, 4) is 0 Å². The van der Waals surface area contributed by atoms with E-state index in [0.717, 1.165) is 60.4 Å². The fourth-order valence-corrected chi connectivity index (χ4v) is 3.61. The molecule has 0 amide bonds. The minimum atomic E-state index is 0.345. The zero-order valence-electron chi connectivity index (χ0n) is 13.5. The minimum Gasteiger partial charge on any atom is -0.468 e. The molecule has 124 valence electrons. The van der Waals surface area contributed by atoms with Crippen LogP contribution in [0.4, 0.5) is 5.82 Å². The Bertz CT molecular complexity index is 611. The summed E-state index contributed by atoms with van der Waals surface area (Å²) in [7, 11) is 0. The average molecular weight is 332 g/mol. The van der Waals surface area contributed by atoms with Crippen molar-refractivity contribution in [3.63, 3.8) is 0 Å². The molecular formula is C17H24N4OS. The molecule has 23 heavy (non-hydrogen) atoms. The lowest BCUT2D eigenvalue weighted by molar-refractivity contribution is 0.344. The standard InChI is InChI=1S/C17H24N4OS/c1-12-20-16(13-8-14(18)9-13)10-17(21-12)19-5-3-7-23-11-15-4-2-6-22-15/h2,4,6,10,13-14H,3,5,7-9,11,18H2,1H3,(H,19,20,21). The maximum absolute atomic E-state index is 5.88. The zero-order chi connectivity index (χ0) is 16.1. The third-order valence-electron chi connectivity index (χ3n) is 4.05. The summed E-state index contributed by atoms with van der Waals surface area (Å²) < 4.78 is 5.32. The summed E-state index contributed by atoms with van der Waals surface area (Å²) in [5, 5.41) is 3.41. The molecule has 1 aliphatic carbocycles. The summed E-state index contributed by atoms with van der Waals surface area (Å²) in [5.74, 6) is 5.35. The van der Waals surface area contributed by atoms with Crippen LogP contribution < -0.4 is 11.1 Å². The van der Waals surface area contributed by atoms with Gasteiger partial charge in [-0.1, -0.05) is 0 Å². The molecule has 5 nitrogen and oxygen atoms in total. The summed E-state index contributed by atoms with van der Waals surface area (Å²) in [6, 6.07) is 6.38. The summed E-state index contributed by atoms with van der Waals surface area (Å²) >= 11 is 1.89. The monoisotopic (exact) mass is 332 g/mol. The van der Waals surface area contributed by atoms with E-state index in [-0.39, 0.29) is 0 Å². The van der Waals surface area contributed by atoms with Crippen molar-refractivity contribution in [3.05, 3.63) is 41.7 Å². The molecule has 1 aliphatic rings. The van der Waals surface area contributed by atoms with Gasteiger partial charge in [0.2, 0.25) is 0 Å². The van der Waals surface area contributed by atoms with Crippen LogP contribution in [0.1, 0.15) is 42.5 Å². The largest absolute Gasteiger partial charge is 0.468 e. The number of aromatic nitrogens is 2. The minimum absolute atomic E-state index is 0.345. The van der Waals surface area contributed by atoms with Crippen LogP contribution in [0.3, 0.4) is 0 Å². The van der Waals surface area contributed by atoms with Gasteiger partial charge in [-0.2, -0.15) is 11.8 Å². The van der Waals surface area contributed by atoms with Crippen LogP contribution in [0, 0.1) is 6.92 Å². The second-order valence-electron chi connectivity index (χ2n) is 6.07. The molecule has 2 heterocycles. The molecular weight excluding hydrogens is 308 g/mol. The Kier molecular flexibility index (Phi) is 5.56. The van der Waals surface area contributed by atoms with Crippen LogP contribution in [0.25, 0.3) is 0 Å². The highest BCUT2D eigenvalue weighted by atomic mass is 32.2. The number of furan rings is 1. The highest BCUT2D eigenvalue weighted by Crippen LogP contribution is 2.35. The number of nitrogens with one attached hydrogen (secondary N) is 1. The molecule has 2 aromatic heterocycles. The second kappa shape index (κ2) is 7.84. The lowest BCUT2D eigenvalue weighted by atomic mass is 9.78. The van der Waals surface area contributed by atoms with Crippen molar-refractivity contribution >= 4 is 17.6 Å². The highest BCUT2D eigenvalue weighted by Gasteiger charge is 2.28. The molecule has 3 N–H and O–H groups in total. The lowest BCUT2D eigenvalue weighted by Crippen LogP contribution is -2.35. The predicted octanol–water partition coefficient (Wildman–Crippen LogP) is 3.32. The molecule has 0 spiro atoms. The van der Waals surface area contributed by atoms with Crippen molar-refractivity contribution in [1.82, 2.24) is 9.97 Å². The number of nitrogens with zero attached hydrogens (tertiary/aromatic N) is 2. The van der Waals surface area contributed by atoms with Crippen LogP contribution in [0.2, 0.25) is 0 Å². The molecule has 2 aromatic rings. The average Bonchev–Trinajstić information content (AvgIpc) is 3.00. The van der Waals surface area contributed by atoms with Crippen molar-refractivity contribution < 1.29 is 4.42 Å². The fraction of sp³-hybridized carbons (Fsp3) is 0.529. The van der Waals surface area contributed by atoms with Gasteiger partial charge in [-0.05, 0) is 44.1 Å². The van der Waals surface area contributed by atoms with Gasteiger partial charge in [0.15, 0.2) is 0 Å². The third kappa shape index (κ3) is 4.72. The first-order chi connectivity index (χ1) is 11.2. The number of rotatable bonds is 8. The molecule has 0 unspecified atom stereocenters. The smallest absolute Gasteiger partial charge is 0.129 e. The van der Waals surface area contributed by atoms with E-state index in [1.165, 1.54) is 0 Å². The SMILES string of the molecule is Cc1nc(NCCCSCc2ccco2)cc(C2CC(N)C2)n1. The number of hydrogen-bond donors (Lipinski definition) is 2. The first kappa shape index (κ1) is 16.3. The topological polar surface area (TPSA) is 77.0 Å². The second-order valence-corrected chi connectivity index (χ2v) is 7.17. The number of nitrogens with two attached hydrogens (primary N) is 1. The summed E-state index contributed by atoms with van der Waals surface area (Å²) in [6.45, 7) is 2.87. The number of anilines is 1. The van der Waals surface area contributed by atoms with Crippen LogP contribution in [-0.4, -0.2) is 28.3 Å². The first-order valence-electron chi connectivity index (χ1n) is 8.16. The number of aryl methyl sites for hydroxylation is 1. The Hall–Kier alpha value is -1.53. The molecule has 3 rings (SSSR count). The summed E-state index contributed by atoms with van der Waals surface area (Å²) in [6.07, 6.45) is 4.90. The molecule has 0 aliphatic heterocycles. The van der Waals surface area contributed by atoms with E-state index in [1.54, 1.807) is 6.26 Å². The van der Waals surface area contributed by atoms with Gasteiger partial charge in [-0.25, -0.2) is 9.97 Å². The van der Waals surface area contributed by atoms with Gasteiger partial charge >= 0.3 is 0 Å². The van der Waals surface area contributed by atoms with Gasteiger partial charge in [-0.15, -0.1) is 0 Å². The third-order valence-corrected chi connectivity index (χ3v) is 5.11. The van der Waals surface area contributed by atoms with Crippen LogP contribution >= 0.6 is 11.8 Å². The van der Waals surface area contributed by atoms with E-state index in [1.807, 2.05) is 30.8 Å². The van der Waals surface area contributed by atoms with Gasteiger partial charge in [0.1, 0.15) is 17.4 Å². The van der Waals surface area contributed by atoms with Crippen LogP contribution in [0.15, 0.2) is 28.9 Å². The van der Waals surface area contributed by atoms with E-state index in [4.69, 9.17) is 10.2 Å². The maximum Gasteiger partial charge on any atom is 0.129 e. The predicted molar refractivity (Wildman–Crippen MR) is 94.7 cm³/mol. The fourth-order valence-electron chi connectivity index (χ4n) is 2.75. The quantitative estimate of drug-likeness (QED) is 0.722. The highest BCUT2D eigenvalue weighted by molar-refractivity contribution is 7.98. The maximum atomic E-state index is 5.88. The summed E-state index contributed by atoms with van der Waals surface area (Å²) in [5.41, 5.74) is 7.01. The van der Waals surface area contributed by atoms with E-state index in [0.29, 0.717) is 12.0 Å². The van der Waals surface area contributed by atoms with Crippen molar-refractivity contribution in [2.75, 3.05) is 17.6 Å². The van der Waals surface area contributed by atoms with Crippen molar-refractivity contribution in [1.29, 1.82) is 0 Å². The lowest BCUT2D eigenvalue weighted by Gasteiger charge is -2.32. The van der Waals surface area contributed by atoms with Gasteiger partial charge in [0.05, 0.1) is 12.0 Å². The van der Waals surface area contributed by atoms with E-state index in [2.05, 4.69) is 21.4 Å². The molecule has 0 saturated heterocycles. The van der Waals surface area contributed by atoms with Gasteiger partial charge in [0.25, 0.3) is 0 Å². The Morgan fingerprint density at radius 1 is 1.39 bits per heavy atom. The summed E-state index contributed by atoms with van der Waals surface area (Å²) in [4.78, 5) is 9.03. The Balaban J connectivity index is 1.39. The molecule has 1 saturated carbocycles. The van der Waals surface area contributed by atoms with Crippen molar-refractivity contribution in [2.24, 2.45) is 5.73 Å². The number of thioether (sulfide) groups is 1. The zero-order valence-corrected chi connectivity index (χ0v) is 14.3. The van der Waals surface area contributed by atoms with Gasteiger partial charge in [-0.3, -0.25) is 0 Å². The normalized spacial score (nSPS) is 20.3. The molecule has 0 bridgehead atoms.